The van der Waals surface area contributed by atoms with Gasteiger partial charge in [-0.25, -0.2) is 0 Å². The van der Waals surface area contributed by atoms with Crippen LogP contribution in [0.2, 0.25) is 0 Å². The van der Waals surface area contributed by atoms with Crippen LogP contribution in [0.3, 0.4) is 0 Å². The quantitative estimate of drug-likeness (QED) is 0.236. The molecule has 0 radical (unpaired) electrons. The summed E-state index contributed by atoms with van der Waals surface area (Å²) in [6.45, 7) is 3.97. The molecule has 2 rings (SSSR count). The molecule has 0 bridgehead atoms. The second-order valence-electron chi connectivity index (χ2n) is 7.51. The van der Waals surface area contributed by atoms with Crippen LogP contribution >= 0.6 is 0 Å². The summed E-state index contributed by atoms with van der Waals surface area (Å²) in [4.78, 5) is 11.9. The topological polar surface area (TPSA) is 178 Å². The standard InChI is InChI=1S/C17H31NO10/c1-6(20)4-10(21)18-11-7(2)27-17(9(5-19)13(11)23)28-15-12(22)8(3)26-16(25)14(15)24/h6-9,11-17,19-20,22-25H,4-5H2,1-3H3,(H,18,21)/t6?,7?,8?,9?,11-,12+,13-,14?,15?,16-,17+/m1/s1. The molecule has 11 nitrogen and oxygen atoms in total. The van der Waals surface area contributed by atoms with E-state index in [1.807, 2.05) is 0 Å². The van der Waals surface area contributed by atoms with Crippen molar-refractivity contribution in [3.05, 3.63) is 0 Å². The summed E-state index contributed by atoms with van der Waals surface area (Å²) in [5.74, 6) is -1.49. The summed E-state index contributed by atoms with van der Waals surface area (Å²) in [5, 5.41) is 62.2. The first-order chi connectivity index (χ1) is 13.1. The van der Waals surface area contributed by atoms with Crippen LogP contribution in [0.5, 0.6) is 0 Å². The average Bonchev–Trinajstić information content (AvgIpc) is 2.60. The molecular formula is C17H31NO10. The van der Waals surface area contributed by atoms with Crippen LogP contribution in [0.4, 0.5) is 0 Å². The highest BCUT2D eigenvalue weighted by molar-refractivity contribution is 5.76. The molecule has 0 aromatic heterocycles. The van der Waals surface area contributed by atoms with Gasteiger partial charge in [-0.3, -0.25) is 4.79 Å². The highest BCUT2D eigenvalue weighted by Crippen LogP contribution is 2.31. The zero-order valence-electron chi connectivity index (χ0n) is 16.1. The van der Waals surface area contributed by atoms with E-state index < -0.39 is 79.8 Å². The van der Waals surface area contributed by atoms with Gasteiger partial charge in [-0.15, -0.1) is 0 Å². The zero-order valence-corrected chi connectivity index (χ0v) is 16.1. The summed E-state index contributed by atoms with van der Waals surface area (Å²) in [5.41, 5.74) is 0. The third-order valence-corrected chi connectivity index (χ3v) is 5.12. The van der Waals surface area contributed by atoms with Crippen molar-refractivity contribution in [3.63, 3.8) is 0 Å². The smallest absolute Gasteiger partial charge is 0.222 e. The van der Waals surface area contributed by atoms with Crippen molar-refractivity contribution < 1.29 is 49.6 Å². The van der Waals surface area contributed by atoms with Crippen molar-refractivity contribution in [2.24, 2.45) is 5.92 Å². The lowest BCUT2D eigenvalue weighted by atomic mass is 9.89. The Morgan fingerprint density at radius 1 is 1.07 bits per heavy atom. The summed E-state index contributed by atoms with van der Waals surface area (Å²) in [7, 11) is 0. The van der Waals surface area contributed by atoms with Gasteiger partial charge in [0, 0.05) is 0 Å². The third-order valence-electron chi connectivity index (χ3n) is 5.12. The molecule has 7 N–H and O–H groups in total. The molecule has 6 unspecified atom stereocenters. The Hall–Kier alpha value is -0.890. The molecule has 2 fully saturated rings. The number of hydrogen-bond acceptors (Lipinski definition) is 10. The summed E-state index contributed by atoms with van der Waals surface area (Å²) in [6, 6.07) is -0.864. The number of carbonyl (C=O) groups is 1. The number of nitrogens with one attached hydrogen (secondary N) is 1. The number of aliphatic hydroxyl groups excluding tert-OH is 6. The lowest BCUT2D eigenvalue weighted by Crippen LogP contribution is -2.64. The van der Waals surface area contributed by atoms with E-state index in [9.17, 15) is 35.4 Å². The molecule has 2 aliphatic rings. The minimum atomic E-state index is -1.57. The van der Waals surface area contributed by atoms with Gasteiger partial charge in [0.25, 0.3) is 0 Å². The maximum Gasteiger partial charge on any atom is 0.222 e. The number of aliphatic hydroxyl groups is 6. The van der Waals surface area contributed by atoms with Crippen molar-refractivity contribution in [3.8, 4) is 0 Å². The van der Waals surface area contributed by atoms with Gasteiger partial charge >= 0.3 is 0 Å². The third kappa shape index (κ3) is 5.17. The first-order valence-corrected chi connectivity index (χ1v) is 9.33. The van der Waals surface area contributed by atoms with Crippen LogP contribution in [0, 0.1) is 5.92 Å². The molecule has 28 heavy (non-hydrogen) atoms. The van der Waals surface area contributed by atoms with Crippen LogP contribution in [0.15, 0.2) is 0 Å². The number of rotatable bonds is 6. The molecule has 11 heteroatoms. The number of hydrogen-bond donors (Lipinski definition) is 7. The Balaban J connectivity index is 2.09. The fourth-order valence-electron chi connectivity index (χ4n) is 3.47. The maximum absolute atomic E-state index is 11.9. The van der Waals surface area contributed by atoms with Gasteiger partial charge in [0.15, 0.2) is 12.6 Å². The Labute approximate surface area is 162 Å². The molecule has 0 aromatic carbocycles. The lowest BCUT2D eigenvalue weighted by Gasteiger charge is -2.46. The Kier molecular flexibility index (Phi) is 8.14. The molecule has 164 valence electrons. The second-order valence-corrected chi connectivity index (χ2v) is 7.51. The first-order valence-electron chi connectivity index (χ1n) is 9.33. The van der Waals surface area contributed by atoms with Crippen molar-refractivity contribution in [1.29, 1.82) is 0 Å². The van der Waals surface area contributed by atoms with Crippen molar-refractivity contribution in [2.75, 3.05) is 6.61 Å². The van der Waals surface area contributed by atoms with Gasteiger partial charge < -0.3 is 50.2 Å². The van der Waals surface area contributed by atoms with Crippen molar-refractivity contribution in [1.82, 2.24) is 5.32 Å². The van der Waals surface area contributed by atoms with Crippen LogP contribution in [-0.2, 0) is 19.0 Å². The van der Waals surface area contributed by atoms with E-state index >= 15 is 0 Å². The molecule has 0 aromatic rings. The Bertz CT molecular complexity index is 506. The highest BCUT2D eigenvalue weighted by Gasteiger charge is 2.49. The summed E-state index contributed by atoms with van der Waals surface area (Å²) in [6.07, 6.45) is -10.7. The monoisotopic (exact) mass is 409 g/mol. The maximum atomic E-state index is 11.9. The molecule has 2 aliphatic heterocycles. The molecule has 0 aliphatic carbocycles. The largest absolute Gasteiger partial charge is 0.396 e. The van der Waals surface area contributed by atoms with E-state index in [1.54, 1.807) is 6.92 Å². The molecule has 2 saturated heterocycles. The number of ether oxygens (including phenoxy) is 3. The van der Waals surface area contributed by atoms with E-state index in [1.165, 1.54) is 13.8 Å². The van der Waals surface area contributed by atoms with E-state index in [0.29, 0.717) is 0 Å². The Morgan fingerprint density at radius 3 is 2.29 bits per heavy atom. The van der Waals surface area contributed by atoms with Crippen molar-refractivity contribution >= 4 is 5.91 Å². The number of amides is 1. The fraction of sp³-hybridized carbons (Fsp3) is 0.941. The van der Waals surface area contributed by atoms with Crippen LogP contribution in [-0.4, -0.2) is 105 Å². The molecule has 0 saturated carbocycles. The molecular weight excluding hydrogens is 378 g/mol. The SMILES string of the molecule is CC(O)CC(=O)N[C@@H]1C(C)O[C@@H](OC2C(O)[C@H](O)OC(C)[C@@H]2O)C(CO)[C@H]1O. The second kappa shape index (κ2) is 9.74. The normalized spacial score (nSPS) is 45.5. The fourth-order valence-corrected chi connectivity index (χ4v) is 3.47. The van der Waals surface area contributed by atoms with Crippen molar-refractivity contribution in [2.45, 2.75) is 88.5 Å². The first kappa shape index (κ1) is 23.4. The van der Waals surface area contributed by atoms with Gasteiger partial charge in [0.1, 0.15) is 18.3 Å². The number of carbonyl (C=O) groups excluding carboxylic acids is 1. The van der Waals surface area contributed by atoms with Gasteiger partial charge in [0.2, 0.25) is 5.91 Å². The van der Waals surface area contributed by atoms with Crippen LogP contribution in [0.1, 0.15) is 27.2 Å². The predicted octanol–water partition coefficient (Wildman–Crippen LogP) is -3.20. The lowest BCUT2D eigenvalue weighted by molar-refractivity contribution is -0.337. The molecule has 0 spiro atoms. The highest BCUT2D eigenvalue weighted by atomic mass is 16.7. The van der Waals surface area contributed by atoms with Crippen LogP contribution < -0.4 is 5.32 Å². The summed E-state index contributed by atoms with van der Waals surface area (Å²) >= 11 is 0. The van der Waals surface area contributed by atoms with E-state index in [4.69, 9.17) is 14.2 Å². The van der Waals surface area contributed by atoms with Gasteiger partial charge in [-0.1, -0.05) is 0 Å². The summed E-state index contributed by atoms with van der Waals surface area (Å²) < 4.78 is 16.3. The van der Waals surface area contributed by atoms with Gasteiger partial charge in [-0.2, -0.15) is 0 Å². The molecule has 1 amide bonds. The van der Waals surface area contributed by atoms with E-state index in [2.05, 4.69) is 5.32 Å². The van der Waals surface area contributed by atoms with Gasteiger partial charge in [0.05, 0.1) is 49.4 Å². The molecule has 2 heterocycles. The molecule has 11 atom stereocenters. The van der Waals surface area contributed by atoms with E-state index in [0.717, 1.165) is 0 Å². The zero-order chi connectivity index (χ0) is 21.2. The minimum absolute atomic E-state index is 0.157. The predicted molar refractivity (Wildman–Crippen MR) is 92.6 cm³/mol. The van der Waals surface area contributed by atoms with Gasteiger partial charge in [-0.05, 0) is 20.8 Å². The minimum Gasteiger partial charge on any atom is -0.396 e. The van der Waals surface area contributed by atoms with E-state index in [-0.39, 0.29) is 6.42 Å². The Morgan fingerprint density at radius 2 is 1.71 bits per heavy atom. The van der Waals surface area contributed by atoms with Crippen LogP contribution in [0.25, 0.3) is 0 Å². The average molecular weight is 409 g/mol.